The molecule has 0 fully saturated rings. The van der Waals surface area contributed by atoms with Gasteiger partial charge in [0.25, 0.3) is 0 Å². The van der Waals surface area contributed by atoms with Crippen molar-refractivity contribution in [3.8, 4) is 5.75 Å². The number of rotatable bonds is 9. The Morgan fingerprint density at radius 2 is 2.04 bits per heavy atom. The first-order chi connectivity index (χ1) is 10.9. The minimum absolute atomic E-state index is 0.0625. The zero-order valence-corrected chi connectivity index (χ0v) is 13.7. The van der Waals surface area contributed by atoms with Crippen molar-refractivity contribution in [1.82, 2.24) is 10.6 Å². The second-order valence-corrected chi connectivity index (χ2v) is 5.39. The molecule has 1 aromatic rings. The summed E-state index contributed by atoms with van der Waals surface area (Å²) in [5, 5.41) is 15.4. The topological polar surface area (TPSA) is 114 Å². The molecule has 0 radical (unpaired) electrons. The fourth-order valence-corrected chi connectivity index (χ4v) is 1.92. The van der Waals surface area contributed by atoms with Gasteiger partial charge < -0.3 is 20.5 Å². The van der Waals surface area contributed by atoms with Crippen LogP contribution in [-0.2, 0) is 9.59 Å². The lowest BCUT2D eigenvalue weighted by atomic mass is 10.2. The number of hydrogen-bond acceptors (Lipinski definition) is 5. The number of benzene rings is 1. The highest BCUT2D eigenvalue weighted by Crippen LogP contribution is 2.24. The van der Waals surface area contributed by atoms with Crippen molar-refractivity contribution >= 4 is 23.4 Å². The molecular formula is C15H22ClN3O4. The number of para-hydroxylation sites is 1. The Kier molecular flexibility index (Phi) is 8.39. The van der Waals surface area contributed by atoms with Crippen molar-refractivity contribution in [2.24, 2.45) is 5.73 Å². The minimum Gasteiger partial charge on any atom is -0.471 e. The van der Waals surface area contributed by atoms with E-state index in [1.807, 2.05) is 0 Å². The van der Waals surface area contributed by atoms with Crippen LogP contribution in [0, 0.1) is 0 Å². The van der Waals surface area contributed by atoms with Gasteiger partial charge in [-0.15, -0.1) is 0 Å². The third kappa shape index (κ3) is 7.83. The van der Waals surface area contributed by atoms with E-state index in [1.165, 1.54) is 6.92 Å². The number of carbonyl (C=O) groups excluding carboxylic acids is 2. The average Bonchev–Trinajstić information content (AvgIpc) is 2.51. The predicted octanol–water partition coefficient (Wildman–Crippen LogP) is 0.397. The zero-order chi connectivity index (χ0) is 17.2. The molecule has 0 bridgehead atoms. The summed E-state index contributed by atoms with van der Waals surface area (Å²) < 4.78 is 5.41. The van der Waals surface area contributed by atoms with Gasteiger partial charge in [0.2, 0.25) is 11.8 Å². The van der Waals surface area contributed by atoms with Gasteiger partial charge in [-0.05, 0) is 25.0 Å². The average molecular weight is 344 g/mol. The Morgan fingerprint density at radius 1 is 1.35 bits per heavy atom. The van der Waals surface area contributed by atoms with Gasteiger partial charge in [-0.3, -0.25) is 15.3 Å². The fraction of sp³-hybridized carbons (Fsp3) is 0.467. The number of carbonyl (C=O) groups is 2. The van der Waals surface area contributed by atoms with Crippen LogP contribution in [0.15, 0.2) is 24.3 Å². The molecule has 1 rings (SSSR count). The lowest BCUT2D eigenvalue weighted by Crippen LogP contribution is -2.40. The summed E-state index contributed by atoms with van der Waals surface area (Å²) in [6.45, 7) is 1.64. The van der Waals surface area contributed by atoms with Crippen LogP contribution < -0.4 is 21.1 Å². The Morgan fingerprint density at radius 3 is 2.70 bits per heavy atom. The van der Waals surface area contributed by atoms with E-state index in [4.69, 9.17) is 22.1 Å². The molecule has 0 heterocycles. The largest absolute Gasteiger partial charge is 0.471 e. The molecule has 128 valence electrons. The van der Waals surface area contributed by atoms with E-state index < -0.39 is 12.3 Å². The monoisotopic (exact) mass is 343 g/mol. The van der Waals surface area contributed by atoms with Crippen molar-refractivity contribution in [2.45, 2.75) is 32.1 Å². The first-order valence-electron chi connectivity index (χ1n) is 7.26. The van der Waals surface area contributed by atoms with Crippen LogP contribution in [0.25, 0.3) is 0 Å². The van der Waals surface area contributed by atoms with Gasteiger partial charge in [0.15, 0.2) is 6.23 Å². The molecule has 0 aliphatic heterocycles. The Labute approximate surface area is 140 Å². The summed E-state index contributed by atoms with van der Waals surface area (Å²) in [4.78, 5) is 22.0. The summed E-state index contributed by atoms with van der Waals surface area (Å²) in [5.41, 5.74) is 5.78. The van der Waals surface area contributed by atoms with E-state index in [1.54, 1.807) is 24.3 Å². The molecule has 2 amide bonds. The van der Waals surface area contributed by atoms with Crippen LogP contribution in [0.3, 0.4) is 0 Å². The molecule has 0 saturated heterocycles. The van der Waals surface area contributed by atoms with E-state index in [9.17, 15) is 14.7 Å². The van der Waals surface area contributed by atoms with E-state index in [-0.39, 0.29) is 18.4 Å². The van der Waals surface area contributed by atoms with Gasteiger partial charge in [0.05, 0.1) is 11.6 Å². The normalized spacial score (nSPS) is 13.0. The molecule has 0 aliphatic carbocycles. The highest BCUT2D eigenvalue weighted by atomic mass is 35.5. The third-order valence-electron chi connectivity index (χ3n) is 2.98. The molecule has 2 unspecified atom stereocenters. The Bertz CT molecular complexity index is 527. The molecule has 7 nitrogen and oxygen atoms in total. The number of halogens is 1. The molecule has 2 atom stereocenters. The molecule has 8 heteroatoms. The quantitative estimate of drug-likeness (QED) is 0.383. The maximum Gasteiger partial charge on any atom is 0.239 e. The zero-order valence-electron chi connectivity index (χ0n) is 12.9. The lowest BCUT2D eigenvalue weighted by molar-refractivity contribution is -0.125. The van der Waals surface area contributed by atoms with Crippen molar-refractivity contribution in [1.29, 1.82) is 0 Å². The summed E-state index contributed by atoms with van der Waals surface area (Å²) in [6, 6.07) is 6.85. The van der Waals surface area contributed by atoms with Gasteiger partial charge in [0, 0.05) is 13.5 Å². The van der Waals surface area contributed by atoms with Crippen LogP contribution >= 0.6 is 11.6 Å². The fourth-order valence-electron chi connectivity index (χ4n) is 1.74. The number of aliphatic hydroxyl groups excluding tert-OH is 1. The number of ether oxygens (including phenoxy) is 1. The molecule has 0 aliphatic rings. The number of hydrogen-bond donors (Lipinski definition) is 4. The van der Waals surface area contributed by atoms with E-state index in [0.717, 1.165) is 0 Å². The van der Waals surface area contributed by atoms with Crippen LogP contribution in [0.5, 0.6) is 5.75 Å². The van der Waals surface area contributed by atoms with E-state index in [0.29, 0.717) is 30.2 Å². The smallest absolute Gasteiger partial charge is 0.239 e. The number of nitrogens with two attached hydrogens (primary N) is 1. The van der Waals surface area contributed by atoms with Gasteiger partial charge in [-0.2, -0.15) is 0 Å². The first-order valence-corrected chi connectivity index (χ1v) is 7.64. The highest BCUT2D eigenvalue weighted by Gasteiger charge is 2.17. The van der Waals surface area contributed by atoms with Crippen LogP contribution in [0.1, 0.15) is 19.8 Å². The second kappa shape index (κ2) is 10.0. The predicted molar refractivity (Wildman–Crippen MR) is 87.0 cm³/mol. The van der Waals surface area contributed by atoms with E-state index in [2.05, 4.69) is 10.6 Å². The van der Waals surface area contributed by atoms with Crippen LogP contribution in [0.2, 0.25) is 5.02 Å². The standard InChI is InChI=1S/C15H22ClN3O4/c1-10(20)19-9-14(22)18-8-4-6-12(21)15(17)23-13-7-3-2-5-11(13)16/h2-3,5,7,12,15,21H,4,6,8-9,17H2,1H3,(H,18,22)(H,19,20). The summed E-state index contributed by atoms with van der Waals surface area (Å²) in [5.74, 6) is -0.145. The SMILES string of the molecule is CC(=O)NCC(=O)NCCCC(O)C(N)Oc1ccccc1Cl. The molecule has 23 heavy (non-hydrogen) atoms. The number of aliphatic hydroxyl groups is 1. The van der Waals surface area contributed by atoms with Crippen molar-refractivity contribution in [3.05, 3.63) is 29.3 Å². The molecule has 0 spiro atoms. The third-order valence-corrected chi connectivity index (χ3v) is 3.29. The molecule has 5 N–H and O–H groups in total. The summed E-state index contributed by atoms with van der Waals surface area (Å²) in [6.07, 6.45) is -0.929. The van der Waals surface area contributed by atoms with Gasteiger partial charge in [-0.25, -0.2) is 0 Å². The van der Waals surface area contributed by atoms with Crippen molar-refractivity contribution in [3.63, 3.8) is 0 Å². The molecule has 1 aromatic carbocycles. The molecule has 0 aromatic heterocycles. The molecule has 0 saturated carbocycles. The van der Waals surface area contributed by atoms with E-state index >= 15 is 0 Å². The number of nitrogens with one attached hydrogen (secondary N) is 2. The summed E-state index contributed by atoms with van der Waals surface area (Å²) in [7, 11) is 0. The summed E-state index contributed by atoms with van der Waals surface area (Å²) >= 11 is 5.95. The Hall–Kier alpha value is -1.83. The van der Waals surface area contributed by atoms with Gasteiger partial charge in [0.1, 0.15) is 11.9 Å². The maximum atomic E-state index is 11.4. The maximum absolute atomic E-state index is 11.4. The molecular weight excluding hydrogens is 322 g/mol. The first kappa shape index (κ1) is 19.2. The van der Waals surface area contributed by atoms with Gasteiger partial charge >= 0.3 is 0 Å². The second-order valence-electron chi connectivity index (χ2n) is 4.98. The van der Waals surface area contributed by atoms with Crippen LogP contribution in [0.4, 0.5) is 0 Å². The van der Waals surface area contributed by atoms with Gasteiger partial charge in [-0.1, -0.05) is 23.7 Å². The Balaban J connectivity index is 2.23. The minimum atomic E-state index is -0.912. The highest BCUT2D eigenvalue weighted by molar-refractivity contribution is 6.32. The van der Waals surface area contributed by atoms with Crippen molar-refractivity contribution < 1.29 is 19.4 Å². The van der Waals surface area contributed by atoms with Crippen LogP contribution in [-0.4, -0.2) is 42.3 Å². The lowest BCUT2D eigenvalue weighted by Gasteiger charge is -2.21. The van der Waals surface area contributed by atoms with Crippen molar-refractivity contribution in [2.75, 3.05) is 13.1 Å². The number of amides is 2.